The van der Waals surface area contributed by atoms with E-state index in [1.807, 2.05) is 39.5 Å². The van der Waals surface area contributed by atoms with Gasteiger partial charge in [-0.1, -0.05) is 41.0 Å². The highest BCUT2D eigenvalue weighted by Crippen LogP contribution is 2.18. The van der Waals surface area contributed by atoms with Crippen LogP contribution in [0, 0.1) is 5.92 Å². The van der Waals surface area contributed by atoms with Crippen LogP contribution in [0.4, 0.5) is 4.79 Å². The molecule has 0 aromatic rings. The molecule has 0 aromatic heterocycles. The van der Waals surface area contributed by atoms with E-state index >= 15 is 0 Å². The van der Waals surface area contributed by atoms with Gasteiger partial charge >= 0.3 is 6.09 Å². The number of amides is 1. The number of likely N-dealkylation sites (tertiary alicyclic amines) is 1. The summed E-state index contributed by atoms with van der Waals surface area (Å²) in [5.74, 6) is 0.608. The lowest BCUT2D eigenvalue weighted by Gasteiger charge is -2.32. The minimum atomic E-state index is -0.377. The first kappa shape index (κ1) is 20.6. The highest BCUT2D eigenvalue weighted by Gasteiger charge is 2.25. The fourth-order valence-electron chi connectivity index (χ4n) is 1.68. The van der Waals surface area contributed by atoms with Gasteiger partial charge in [-0.05, 0) is 39.5 Å². The summed E-state index contributed by atoms with van der Waals surface area (Å²) in [6.45, 7) is 17.8. The fourth-order valence-corrected chi connectivity index (χ4v) is 1.68. The third kappa shape index (κ3) is 12.1. The van der Waals surface area contributed by atoms with Gasteiger partial charge in [-0.15, -0.1) is 0 Å². The maximum Gasteiger partial charge on any atom is 0.410 e. The molecule has 0 N–H and O–H groups in total. The van der Waals surface area contributed by atoms with Crippen LogP contribution in [0.3, 0.4) is 0 Å². The molecule has 0 saturated carbocycles. The number of rotatable bonds is 0. The van der Waals surface area contributed by atoms with Crippen molar-refractivity contribution in [3.05, 3.63) is 0 Å². The molecule has 1 fully saturated rings. The summed E-state index contributed by atoms with van der Waals surface area (Å²) >= 11 is 0. The third-order valence-corrected chi connectivity index (χ3v) is 2.31. The van der Waals surface area contributed by atoms with Crippen molar-refractivity contribution >= 4 is 6.09 Å². The Hall–Kier alpha value is -0.730. The normalized spacial score (nSPS) is 18.5. The van der Waals surface area contributed by atoms with Crippen LogP contribution in [0.15, 0.2) is 0 Å². The SMILES string of the molecule is CC.CCC.C[C@@H]1CCCN(C(=O)OC(C)(C)C)C1. The number of hydrogen-bond donors (Lipinski definition) is 0. The van der Waals surface area contributed by atoms with Crippen molar-refractivity contribution < 1.29 is 9.53 Å². The molecule has 1 aliphatic heterocycles. The zero-order valence-corrected chi connectivity index (χ0v) is 14.4. The van der Waals surface area contributed by atoms with Crippen molar-refractivity contribution in [2.45, 2.75) is 80.3 Å². The van der Waals surface area contributed by atoms with Crippen molar-refractivity contribution in [1.29, 1.82) is 0 Å². The maximum atomic E-state index is 11.7. The van der Waals surface area contributed by atoms with Crippen LogP contribution in [0.25, 0.3) is 0 Å². The van der Waals surface area contributed by atoms with Crippen LogP contribution in [-0.4, -0.2) is 29.7 Å². The molecule has 1 heterocycles. The first-order chi connectivity index (χ1) is 8.80. The molecular weight excluding hydrogens is 238 g/mol. The first-order valence-electron chi connectivity index (χ1n) is 7.78. The van der Waals surface area contributed by atoms with E-state index in [9.17, 15) is 4.79 Å². The molecule has 1 rings (SSSR count). The highest BCUT2D eigenvalue weighted by molar-refractivity contribution is 5.68. The molecule has 1 amide bonds. The number of hydrogen-bond acceptors (Lipinski definition) is 2. The molecular formula is C16H35NO2. The summed E-state index contributed by atoms with van der Waals surface area (Å²) in [6, 6.07) is 0. The van der Waals surface area contributed by atoms with Gasteiger partial charge in [0.1, 0.15) is 5.60 Å². The van der Waals surface area contributed by atoms with Gasteiger partial charge in [-0.2, -0.15) is 0 Å². The Balaban J connectivity index is 0. The van der Waals surface area contributed by atoms with Crippen molar-refractivity contribution in [2.24, 2.45) is 5.92 Å². The first-order valence-corrected chi connectivity index (χ1v) is 7.78. The molecule has 19 heavy (non-hydrogen) atoms. The molecule has 3 nitrogen and oxygen atoms in total. The van der Waals surface area contributed by atoms with Crippen LogP contribution in [-0.2, 0) is 4.74 Å². The van der Waals surface area contributed by atoms with Gasteiger partial charge in [0.05, 0.1) is 0 Å². The summed E-state index contributed by atoms with van der Waals surface area (Å²) < 4.78 is 5.31. The number of carbonyl (C=O) groups excluding carboxylic acids is 1. The topological polar surface area (TPSA) is 29.5 Å². The number of piperidine rings is 1. The lowest BCUT2D eigenvalue weighted by molar-refractivity contribution is 0.0174. The summed E-state index contributed by atoms with van der Waals surface area (Å²) in [7, 11) is 0. The summed E-state index contributed by atoms with van der Waals surface area (Å²) in [4.78, 5) is 13.5. The molecule has 3 heteroatoms. The molecule has 0 unspecified atom stereocenters. The Labute approximate surface area is 120 Å². The van der Waals surface area contributed by atoms with Crippen molar-refractivity contribution in [2.75, 3.05) is 13.1 Å². The van der Waals surface area contributed by atoms with E-state index in [2.05, 4.69) is 20.8 Å². The molecule has 0 bridgehead atoms. The molecule has 0 aromatic carbocycles. The van der Waals surface area contributed by atoms with Crippen LogP contribution in [0.5, 0.6) is 0 Å². The highest BCUT2D eigenvalue weighted by atomic mass is 16.6. The molecule has 0 aliphatic carbocycles. The molecule has 1 saturated heterocycles. The Morgan fingerprint density at radius 3 is 2.11 bits per heavy atom. The van der Waals surface area contributed by atoms with Gasteiger partial charge in [-0.3, -0.25) is 0 Å². The predicted molar refractivity (Wildman–Crippen MR) is 83.5 cm³/mol. The van der Waals surface area contributed by atoms with Crippen LogP contribution >= 0.6 is 0 Å². The second-order valence-corrected chi connectivity index (χ2v) is 5.88. The Bertz CT molecular complexity index is 221. The average Bonchev–Trinajstić information content (AvgIpc) is 2.30. The van der Waals surface area contributed by atoms with Gasteiger partial charge in [0, 0.05) is 13.1 Å². The van der Waals surface area contributed by atoms with E-state index in [4.69, 9.17) is 4.74 Å². The van der Waals surface area contributed by atoms with Crippen LogP contribution < -0.4 is 0 Å². The lowest BCUT2D eigenvalue weighted by Crippen LogP contribution is -2.42. The van der Waals surface area contributed by atoms with Crippen LogP contribution in [0.2, 0.25) is 0 Å². The summed E-state index contributed by atoms with van der Waals surface area (Å²) in [6.07, 6.45) is 3.41. The molecule has 116 valence electrons. The van der Waals surface area contributed by atoms with E-state index in [-0.39, 0.29) is 11.7 Å². The fraction of sp³-hybridized carbons (Fsp3) is 0.938. The second-order valence-electron chi connectivity index (χ2n) is 5.88. The minimum absolute atomic E-state index is 0.163. The van der Waals surface area contributed by atoms with Gasteiger partial charge in [0.25, 0.3) is 0 Å². The summed E-state index contributed by atoms with van der Waals surface area (Å²) in [5, 5.41) is 0. The zero-order chi connectivity index (χ0) is 15.5. The van der Waals surface area contributed by atoms with Gasteiger partial charge in [0.15, 0.2) is 0 Å². The summed E-state index contributed by atoms with van der Waals surface area (Å²) in [5.41, 5.74) is -0.377. The van der Waals surface area contributed by atoms with E-state index in [1.54, 1.807) is 0 Å². The van der Waals surface area contributed by atoms with Gasteiger partial charge in [0.2, 0.25) is 0 Å². The molecule has 1 atom stereocenters. The third-order valence-electron chi connectivity index (χ3n) is 2.31. The molecule has 1 aliphatic rings. The van der Waals surface area contributed by atoms with Gasteiger partial charge in [-0.25, -0.2) is 4.79 Å². The number of carbonyl (C=O) groups is 1. The zero-order valence-electron chi connectivity index (χ0n) is 14.4. The average molecular weight is 273 g/mol. The monoisotopic (exact) mass is 273 g/mol. The Morgan fingerprint density at radius 1 is 1.26 bits per heavy atom. The Morgan fingerprint density at radius 2 is 1.74 bits per heavy atom. The van der Waals surface area contributed by atoms with E-state index < -0.39 is 0 Å². The Kier molecular flexibility index (Phi) is 12.1. The smallest absolute Gasteiger partial charge is 0.410 e. The van der Waals surface area contributed by atoms with Crippen molar-refractivity contribution in [3.63, 3.8) is 0 Å². The predicted octanol–water partition coefficient (Wildman–Crippen LogP) is 5.10. The van der Waals surface area contributed by atoms with Crippen molar-refractivity contribution in [1.82, 2.24) is 4.90 Å². The van der Waals surface area contributed by atoms with Crippen LogP contribution in [0.1, 0.15) is 74.7 Å². The lowest BCUT2D eigenvalue weighted by atomic mass is 10.0. The quantitative estimate of drug-likeness (QED) is 0.615. The molecule has 0 spiro atoms. The van der Waals surface area contributed by atoms with E-state index in [0.29, 0.717) is 5.92 Å². The standard InChI is InChI=1S/C11H21NO2.C3H8.C2H6/c1-9-6-5-7-12(8-9)10(13)14-11(2,3)4;1-3-2;1-2/h9H,5-8H2,1-4H3;3H2,1-2H3;1-2H3/t9-;;/m1../s1. The van der Waals surface area contributed by atoms with Crippen molar-refractivity contribution in [3.8, 4) is 0 Å². The molecule has 0 radical (unpaired) electrons. The van der Waals surface area contributed by atoms with E-state index in [1.165, 1.54) is 12.8 Å². The van der Waals surface area contributed by atoms with E-state index in [0.717, 1.165) is 19.5 Å². The second kappa shape index (κ2) is 11.1. The minimum Gasteiger partial charge on any atom is -0.444 e. The number of nitrogens with zero attached hydrogens (tertiary/aromatic N) is 1. The largest absolute Gasteiger partial charge is 0.444 e. The van der Waals surface area contributed by atoms with Gasteiger partial charge < -0.3 is 9.64 Å². The maximum absolute atomic E-state index is 11.7. The number of ether oxygens (including phenoxy) is 1.